The number of carbonyl (C=O) groups excluding carboxylic acids is 1. The molecular weight excluding hydrogens is 399 g/mol. The van der Waals surface area contributed by atoms with Crippen molar-refractivity contribution in [2.75, 3.05) is 30.7 Å². The first-order valence-corrected chi connectivity index (χ1v) is 9.42. The molecule has 0 atom stereocenters. The number of rotatable bonds is 7. The molecule has 3 N–H and O–H groups in total. The maximum absolute atomic E-state index is 12.4. The first-order valence-electron chi connectivity index (χ1n) is 9.42. The van der Waals surface area contributed by atoms with Crippen LogP contribution in [0.4, 0.5) is 24.8 Å². The number of nitrogens with two attached hydrogens (primary N) is 1. The molecule has 0 amide bonds. The van der Waals surface area contributed by atoms with Gasteiger partial charge in [0.1, 0.15) is 30.0 Å². The third-order valence-corrected chi connectivity index (χ3v) is 4.84. The van der Waals surface area contributed by atoms with Gasteiger partial charge in [0.05, 0.1) is 5.56 Å². The number of piperidine rings is 1. The van der Waals surface area contributed by atoms with Crippen LogP contribution >= 0.6 is 0 Å². The molecule has 30 heavy (non-hydrogen) atoms. The number of carbonyl (C=O) groups is 1. The zero-order valence-electron chi connectivity index (χ0n) is 16.1. The summed E-state index contributed by atoms with van der Waals surface area (Å²) in [6.45, 7) is 2.39. The molecule has 1 saturated heterocycles. The minimum absolute atomic E-state index is 0.228. The van der Waals surface area contributed by atoms with E-state index < -0.39 is 6.36 Å². The number of aldehydes is 1. The number of likely N-dealkylation sites (tertiary alicyclic amines) is 1. The highest BCUT2D eigenvalue weighted by molar-refractivity contribution is 5.83. The predicted octanol–water partition coefficient (Wildman–Crippen LogP) is 3.46. The molecule has 1 fully saturated rings. The van der Waals surface area contributed by atoms with Crippen LogP contribution in [-0.4, -0.2) is 47.2 Å². The molecule has 0 aliphatic carbocycles. The lowest BCUT2D eigenvalue weighted by atomic mass is 9.97. The summed E-state index contributed by atoms with van der Waals surface area (Å²) in [6.07, 6.45) is 2.55. The number of aromatic nitrogens is 2. The smallest absolute Gasteiger partial charge is 0.406 e. The Morgan fingerprint density at radius 3 is 2.53 bits per heavy atom. The summed E-state index contributed by atoms with van der Waals surface area (Å²) in [4.78, 5) is 20.8. The van der Waals surface area contributed by atoms with E-state index in [-0.39, 0.29) is 11.6 Å². The minimum atomic E-state index is -4.75. The molecule has 7 nitrogen and oxygen atoms in total. The van der Waals surface area contributed by atoms with Gasteiger partial charge in [-0.05, 0) is 42.5 Å². The quantitative estimate of drug-likeness (QED) is 0.522. The van der Waals surface area contributed by atoms with Crippen LogP contribution in [0.3, 0.4) is 0 Å². The predicted molar refractivity (Wildman–Crippen MR) is 107 cm³/mol. The Bertz CT molecular complexity index is 879. The molecule has 0 bridgehead atoms. The van der Waals surface area contributed by atoms with Crippen LogP contribution in [0.5, 0.6) is 5.75 Å². The maximum Gasteiger partial charge on any atom is 0.573 e. The minimum Gasteiger partial charge on any atom is -0.406 e. The maximum atomic E-state index is 12.4. The van der Waals surface area contributed by atoms with Gasteiger partial charge in [-0.3, -0.25) is 4.79 Å². The monoisotopic (exact) mass is 421 g/mol. The fourth-order valence-corrected chi connectivity index (χ4v) is 3.35. The average Bonchev–Trinajstić information content (AvgIpc) is 2.71. The molecule has 2 aromatic rings. The molecule has 1 aliphatic heterocycles. The summed E-state index contributed by atoms with van der Waals surface area (Å²) < 4.78 is 41.0. The lowest BCUT2D eigenvalue weighted by molar-refractivity contribution is -0.274. The van der Waals surface area contributed by atoms with E-state index in [1.165, 1.54) is 36.7 Å². The van der Waals surface area contributed by atoms with Crippen molar-refractivity contribution in [2.24, 2.45) is 5.92 Å². The lowest BCUT2D eigenvalue weighted by Crippen LogP contribution is -2.32. The van der Waals surface area contributed by atoms with E-state index in [9.17, 15) is 18.0 Å². The van der Waals surface area contributed by atoms with Crippen molar-refractivity contribution in [2.45, 2.75) is 19.2 Å². The van der Waals surface area contributed by atoms with Crippen molar-refractivity contribution in [1.29, 1.82) is 0 Å². The number of nitrogens with zero attached hydrogens (tertiary/aromatic N) is 3. The summed E-state index contributed by atoms with van der Waals surface area (Å²) in [5.74, 6) is 0.852. The van der Waals surface area contributed by atoms with Gasteiger partial charge in [0.2, 0.25) is 0 Å². The molecule has 0 radical (unpaired) electrons. The largest absolute Gasteiger partial charge is 0.573 e. The topological polar surface area (TPSA) is 93.4 Å². The van der Waals surface area contributed by atoms with Crippen LogP contribution in [0.1, 0.15) is 12.8 Å². The van der Waals surface area contributed by atoms with Gasteiger partial charge in [-0.25, -0.2) is 9.97 Å². The van der Waals surface area contributed by atoms with Crippen LogP contribution in [0, 0.1) is 5.92 Å². The van der Waals surface area contributed by atoms with Crippen molar-refractivity contribution in [1.82, 2.24) is 14.9 Å². The number of allylic oxidation sites excluding steroid dienone is 1. The number of hydrogen-bond acceptors (Lipinski definition) is 7. The molecule has 3 rings (SSSR count). The second-order valence-electron chi connectivity index (χ2n) is 6.89. The van der Waals surface area contributed by atoms with Crippen molar-refractivity contribution in [3.8, 4) is 16.9 Å². The molecule has 0 spiro atoms. The van der Waals surface area contributed by atoms with Crippen LogP contribution in [-0.2, 0) is 4.79 Å². The highest BCUT2D eigenvalue weighted by Crippen LogP contribution is 2.33. The third-order valence-electron chi connectivity index (χ3n) is 4.84. The molecule has 1 aliphatic rings. The zero-order valence-corrected chi connectivity index (χ0v) is 16.1. The molecule has 160 valence electrons. The van der Waals surface area contributed by atoms with Crippen molar-refractivity contribution < 1.29 is 22.7 Å². The summed E-state index contributed by atoms with van der Waals surface area (Å²) >= 11 is 0. The van der Waals surface area contributed by atoms with E-state index in [1.807, 2.05) is 0 Å². The molecule has 1 aromatic heterocycles. The SMILES string of the molecule is Nc1ncnc(NCC2CCN(C=CC=O)CC2)c1-c1ccc(OC(F)(F)F)cc1. The van der Waals surface area contributed by atoms with E-state index in [1.54, 1.807) is 6.20 Å². The van der Waals surface area contributed by atoms with E-state index in [0.29, 0.717) is 29.4 Å². The normalized spacial score (nSPS) is 15.4. The number of anilines is 2. The summed E-state index contributed by atoms with van der Waals surface area (Å²) in [6, 6.07) is 5.42. The summed E-state index contributed by atoms with van der Waals surface area (Å²) in [7, 11) is 0. The second kappa shape index (κ2) is 9.47. The number of ether oxygens (including phenoxy) is 1. The van der Waals surface area contributed by atoms with Gasteiger partial charge >= 0.3 is 6.36 Å². The zero-order chi connectivity index (χ0) is 21.6. The average molecular weight is 421 g/mol. The van der Waals surface area contributed by atoms with Crippen LogP contribution in [0.15, 0.2) is 42.9 Å². The number of nitrogen functional groups attached to an aromatic ring is 1. The number of nitrogens with one attached hydrogen (secondary N) is 1. The van der Waals surface area contributed by atoms with Gasteiger partial charge in [0, 0.05) is 25.8 Å². The third kappa shape index (κ3) is 5.85. The van der Waals surface area contributed by atoms with E-state index >= 15 is 0 Å². The fraction of sp³-hybridized carbons (Fsp3) is 0.350. The van der Waals surface area contributed by atoms with Crippen molar-refractivity contribution >= 4 is 17.9 Å². The number of hydrogen-bond donors (Lipinski definition) is 2. The molecule has 0 unspecified atom stereocenters. The first-order chi connectivity index (χ1) is 14.4. The van der Waals surface area contributed by atoms with E-state index in [2.05, 4.69) is 24.9 Å². The van der Waals surface area contributed by atoms with Crippen LogP contribution in [0.2, 0.25) is 0 Å². The molecule has 2 heterocycles. The van der Waals surface area contributed by atoms with Gasteiger partial charge in [-0.15, -0.1) is 13.2 Å². The Hall–Kier alpha value is -3.30. The van der Waals surface area contributed by atoms with Crippen molar-refractivity contribution in [3.05, 3.63) is 42.9 Å². The van der Waals surface area contributed by atoms with Crippen molar-refractivity contribution in [3.63, 3.8) is 0 Å². The first kappa shape index (κ1) is 21.4. The van der Waals surface area contributed by atoms with Gasteiger partial charge in [0.25, 0.3) is 0 Å². The number of alkyl halides is 3. The highest BCUT2D eigenvalue weighted by Gasteiger charge is 2.31. The van der Waals surface area contributed by atoms with Gasteiger partial charge < -0.3 is 20.7 Å². The number of benzene rings is 1. The Morgan fingerprint density at radius 2 is 1.90 bits per heavy atom. The van der Waals surface area contributed by atoms with Gasteiger partial charge in [-0.1, -0.05) is 12.1 Å². The Morgan fingerprint density at radius 1 is 1.20 bits per heavy atom. The molecule has 0 saturated carbocycles. The fourth-order valence-electron chi connectivity index (χ4n) is 3.35. The summed E-state index contributed by atoms with van der Waals surface area (Å²) in [5.41, 5.74) is 7.13. The van der Waals surface area contributed by atoms with Gasteiger partial charge in [-0.2, -0.15) is 0 Å². The van der Waals surface area contributed by atoms with E-state index in [0.717, 1.165) is 32.2 Å². The highest BCUT2D eigenvalue weighted by atomic mass is 19.4. The summed E-state index contributed by atoms with van der Waals surface area (Å²) in [5, 5.41) is 3.30. The van der Waals surface area contributed by atoms with E-state index in [4.69, 9.17) is 5.73 Å². The molecule has 10 heteroatoms. The second-order valence-corrected chi connectivity index (χ2v) is 6.89. The van der Waals surface area contributed by atoms with Gasteiger partial charge in [0.15, 0.2) is 0 Å². The lowest BCUT2D eigenvalue weighted by Gasteiger charge is -2.31. The molecule has 1 aromatic carbocycles. The standard InChI is InChI=1S/C20H22F3N5O2/c21-20(22,23)30-16-4-2-15(3-5-16)17-18(24)26-13-27-19(17)25-12-14-6-9-28(10-7-14)8-1-11-29/h1-5,8,11,13-14H,6-7,9-10,12H2,(H3,24,25,26,27). The Labute approximate surface area is 171 Å². The van der Waals surface area contributed by atoms with Crippen LogP contribution < -0.4 is 15.8 Å². The Balaban J connectivity index is 1.67. The van der Waals surface area contributed by atoms with Crippen LogP contribution in [0.25, 0.3) is 11.1 Å². The number of halogens is 3. The molecular formula is C20H22F3N5O2. The Kier molecular flexibility index (Phi) is 6.76.